The van der Waals surface area contributed by atoms with Crippen LogP contribution in [0.3, 0.4) is 0 Å². The quantitative estimate of drug-likeness (QED) is 0.407. The fourth-order valence-electron chi connectivity index (χ4n) is 2.87. The number of halogens is 1. The Bertz CT molecular complexity index is 1040. The first-order valence-corrected chi connectivity index (χ1v) is 9.98. The molecule has 9 nitrogen and oxygen atoms in total. The Morgan fingerprint density at radius 1 is 1.23 bits per heavy atom. The van der Waals surface area contributed by atoms with Crippen LogP contribution in [0.4, 0.5) is 5.82 Å². The molecule has 1 amide bonds. The molecule has 1 heterocycles. The number of hydrogen-bond acceptors (Lipinski definition) is 8. The Balaban J connectivity index is 1.51. The van der Waals surface area contributed by atoms with E-state index in [1.54, 1.807) is 7.11 Å². The van der Waals surface area contributed by atoms with Crippen molar-refractivity contribution >= 4 is 23.3 Å². The summed E-state index contributed by atoms with van der Waals surface area (Å²) in [6.07, 6.45) is 0. The van der Waals surface area contributed by atoms with Gasteiger partial charge in [0.25, 0.3) is 5.91 Å². The van der Waals surface area contributed by atoms with Gasteiger partial charge in [-0.1, -0.05) is 35.9 Å². The van der Waals surface area contributed by atoms with Crippen LogP contribution in [0.2, 0.25) is 5.02 Å². The maximum absolute atomic E-state index is 11.9. The van der Waals surface area contributed by atoms with Gasteiger partial charge in [-0.25, -0.2) is 4.63 Å². The summed E-state index contributed by atoms with van der Waals surface area (Å²) in [6, 6.07) is 11.7. The van der Waals surface area contributed by atoms with Gasteiger partial charge in [-0.05, 0) is 46.1 Å². The van der Waals surface area contributed by atoms with Crippen molar-refractivity contribution < 1.29 is 18.9 Å². The molecule has 0 saturated carbocycles. The number of benzene rings is 2. The highest BCUT2D eigenvalue weighted by molar-refractivity contribution is 6.32. The molecular weight excluding hydrogens is 422 g/mol. The monoisotopic (exact) mass is 445 g/mol. The molecule has 0 saturated heterocycles. The SMILES string of the molecule is COc1cc(CNCCNC(=O)c2nonc2N)cc(Cl)c1OCc1ccccc1C. The third-order valence-corrected chi connectivity index (χ3v) is 4.85. The van der Waals surface area contributed by atoms with Crippen molar-refractivity contribution in [3.05, 3.63) is 63.8 Å². The number of hydrogen-bond donors (Lipinski definition) is 3. The van der Waals surface area contributed by atoms with Crippen LogP contribution >= 0.6 is 11.6 Å². The average Bonchev–Trinajstić information content (AvgIpc) is 3.19. The molecule has 4 N–H and O–H groups in total. The smallest absolute Gasteiger partial charge is 0.277 e. The maximum Gasteiger partial charge on any atom is 0.277 e. The third kappa shape index (κ3) is 5.87. The molecule has 31 heavy (non-hydrogen) atoms. The minimum Gasteiger partial charge on any atom is -0.493 e. The second-order valence-electron chi connectivity index (χ2n) is 6.75. The Kier molecular flexibility index (Phi) is 7.69. The Morgan fingerprint density at radius 2 is 2.03 bits per heavy atom. The zero-order valence-electron chi connectivity index (χ0n) is 17.3. The lowest BCUT2D eigenvalue weighted by molar-refractivity contribution is 0.0944. The summed E-state index contributed by atoms with van der Waals surface area (Å²) in [7, 11) is 1.57. The zero-order valence-corrected chi connectivity index (χ0v) is 18.0. The van der Waals surface area contributed by atoms with Gasteiger partial charge in [0, 0.05) is 19.6 Å². The van der Waals surface area contributed by atoms with E-state index >= 15 is 0 Å². The van der Waals surface area contributed by atoms with Gasteiger partial charge in [0.15, 0.2) is 11.5 Å². The molecule has 0 bridgehead atoms. The minimum atomic E-state index is -0.444. The van der Waals surface area contributed by atoms with Crippen LogP contribution in [-0.2, 0) is 13.2 Å². The molecule has 0 aliphatic rings. The highest BCUT2D eigenvalue weighted by Gasteiger charge is 2.15. The number of nitrogens with two attached hydrogens (primary N) is 1. The van der Waals surface area contributed by atoms with Gasteiger partial charge in [-0.15, -0.1) is 0 Å². The highest BCUT2D eigenvalue weighted by atomic mass is 35.5. The van der Waals surface area contributed by atoms with Gasteiger partial charge >= 0.3 is 0 Å². The van der Waals surface area contributed by atoms with Gasteiger partial charge < -0.3 is 25.8 Å². The zero-order chi connectivity index (χ0) is 22.2. The fourth-order valence-corrected chi connectivity index (χ4v) is 3.16. The molecule has 0 unspecified atom stereocenters. The van der Waals surface area contributed by atoms with Gasteiger partial charge in [-0.2, -0.15) is 0 Å². The van der Waals surface area contributed by atoms with Crippen molar-refractivity contribution in [3.63, 3.8) is 0 Å². The van der Waals surface area contributed by atoms with E-state index in [-0.39, 0.29) is 11.5 Å². The number of anilines is 1. The summed E-state index contributed by atoms with van der Waals surface area (Å²) >= 11 is 6.45. The third-order valence-electron chi connectivity index (χ3n) is 4.57. The summed E-state index contributed by atoms with van der Waals surface area (Å²) in [5.41, 5.74) is 8.60. The Hall–Kier alpha value is -3.30. The van der Waals surface area contributed by atoms with Crippen LogP contribution in [0.1, 0.15) is 27.2 Å². The van der Waals surface area contributed by atoms with E-state index in [1.807, 2.05) is 43.3 Å². The van der Waals surface area contributed by atoms with Crippen LogP contribution in [0.25, 0.3) is 0 Å². The molecule has 0 fully saturated rings. The molecule has 0 radical (unpaired) electrons. The fraction of sp³-hybridized carbons (Fsp3) is 0.286. The first kappa shape index (κ1) is 22.4. The van der Waals surface area contributed by atoms with E-state index in [9.17, 15) is 4.79 Å². The number of nitrogens with zero attached hydrogens (tertiary/aromatic N) is 2. The molecule has 2 aromatic carbocycles. The van der Waals surface area contributed by atoms with E-state index in [1.165, 1.54) is 0 Å². The average molecular weight is 446 g/mol. The van der Waals surface area contributed by atoms with E-state index in [0.717, 1.165) is 16.7 Å². The minimum absolute atomic E-state index is 0.0298. The molecule has 0 aliphatic heterocycles. The van der Waals surface area contributed by atoms with Gasteiger partial charge in [0.05, 0.1) is 12.1 Å². The summed E-state index contributed by atoms with van der Waals surface area (Å²) in [5.74, 6) is 0.569. The summed E-state index contributed by atoms with van der Waals surface area (Å²) in [6.45, 7) is 3.84. The number of carbonyl (C=O) groups excluding carboxylic acids is 1. The number of methoxy groups -OCH3 is 1. The highest BCUT2D eigenvalue weighted by Crippen LogP contribution is 2.37. The molecule has 0 aliphatic carbocycles. The largest absolute Gasteiger partial charge is 0.493 e. The maximum atomic E-state index is 11.9. The summed E-state index contributed by atoms with van der Waals surface area (Å²) < 4.78 is 15.8. The van der Waals surface area contributed by atoms with Gasteiger partial charge in [0.2, 0.25) is 11.5 Å². The van der Waals surface area contributed by atoms with E-state index in [0.29, 0.717) is 42.8 Å². The normalized spacial score (nSPS) is 10.7. The van der Waals surface area contributed by atoms with Crippen LogP contribution in [-0.4, -0.2) is 36.4 Å². The van der Waals surface area contributed by atoms with E-state index < -0.39 is 5.91 Å². The van der Waals surface area contributed by atoms with Crippen LogP contribution in [0.5, 0.6) is 11.5 Å². The lowest BCUT2D eigenvalue weighted by atomic mass is 10.1. The molecule has 3 aromatic rings. The Labute approximate surface area is 184 Å². The predicted octanol–water partition coefficient (Wildman–Crippen LogP) is 2.72. The lowest BCUT2D eigenvalue weighted by Crippen LogP contribution is -2.32. The Morgan fingerprint density at radius 3 is 2.74 bits per heavy atom. The second-order valence-corrected chi connectivity index (χ2v) is 7.16. The van der Waals surface area contributed by atoms with Crippen LogP contribution < -0.4 is 25.8 Å². The molecule has 3 rings (SSSR count). The van der Waals surface area contributed by atoms with Crippen molar-refractivity contribution in [2.75, 3.05) is 25.9 Å². The number of aryl methyl sites for hydroxylation is 1. The first-order chi connectivity index (χ1) is 15.0. The van der Waals surface area contributed by atoms with Gasteiger partial charge in [-0.3, -0.25) is 4.79 Å². The van der Waals surface area contributed by atoms with Crippen LogP contribution in [0.15, 0.2) is 41.0 Å². The van der Waals surface area contributed by atoms with Crippen molar-refractivity contribution in [2.45, 2.75) is 20.1 Å². The number of nitrogen functional groups attached to an aromatic ring is 1. The molecule has 164 valence electrons. The molecule has 0 atom stereocenters. The summed E-state index contributed by atoms with van der Waals surface area (Å²) in [4.78, 5) is 11.9. The van der Waals surface area contributed by atoms with Crippen LogP contribution in [0, 0.1) is 6.92 Å². The second kappa shape index (κ2) is 10.6. The molecular formula is C21H24ClN5O4. The number of carbonyl (C=O) groups is 1. The molecule has 1 aromatic heterocycles. The topological polar surface area (TPSA) is 125 Å². The molecule has 0 spiro atoms. The van der Waals surface area contributed by atoms with Crippen molar-refractivity contribution in [1.82, 2.24) is 20.9 Å². The van der Waals surface area contributed by atoms with Gasteiger partial charge in [0.1, 0.15) is 6.61 Å². The number of ether oxygens (including phenoxy) is 2. The van der Waals surface area contributed by atoms with E-state index in [2.05, 4.69) is 25.6 Å². The molecule has 10 heteroatoms. The van der Waals surface area contributed by atoms with E-state index in [4.69, 9.17) is 26.8 Å². The number of amides is 1. The predicted molar refractivity (Wildman–Crippen MR) is 116 cm³/mol. The van der Waals surface area contributed by atoms with Crippen molar-refractivity contribution in [2.24, 2.45) is 0 Å². The summed E-state index contributed by atoms with van der Waals surface area (Å²) in [5, 5.41) is 13.2. The number of rotatable bonds is 10. The van der Waals surface area contributed by atoms with Crippen molar-refractivity contribution in [1.29, 1.82) is 0 Å². The first-order valence-electron chi connectivity index (χ1n) is 9.60. The number of nitrogens with one attached hydrogen (secondary N) is 2. The lowest BCUT2D eigenvalue weighted by Gasteiger charge is -2.15. The number of aromatic nitrogens is 2. The standard InChI is InChI=1S/C21H24ClN5O4/c1-13-5-3-4-6-15(13)12-30-19-16(22)9-14(10-17(19)29-2)11-24-7-8-25-21(28)18-20(23)27-31-26-18/h3-6,9-10,24H,7-8,11-12H2,1-2H3,(H2,23,27)(H,25,28). The van der Waals surface area contributed by atoms with Crippen molar-refractivity contribution in [3.8, 4) is 11.5 Å².